The van der Waals surface area contributed by atoms with E-state index in [0.717, 1.165) is 0 Å². The average Bonchev–Trinajstić information content (AvgIpc) is 1.87. The van der Waals surface area contributed by atoms with Gasteiger partial charge in [-0.1, -0.05) is 27.7 Å². The van der Waals surface area contributed by atoms with E-state index in [4.69, 9.17) is 11.6 Å². The van der Waals surface area contributed by atoms with Crippen molar-refractivity contribution in [3.63, 3.8) is 0 Å². The summed E-state index contributed by atoms with van der Waals surface area (Å²) in [5.41, 5.74) is 0. The lowest BCUT2D eigenvalue weighted by Crippen LogP contribution is -2.17. The highest BCUT2D eigenvalue weighted by molar-refractivity contribution is 6.22. The lowest BCUT2D eigenvalue weighted by molar-refractivity contribution is -0.122. The summed E-state index contributed by atoms with van der Waals surface area (Å²) in [4.78, 5) is 11.2. The highest BCUT2D eigenvalue weighted by atomic mass is 35.5. The zero-order valence-corrected chi connectivity index (χ0v) is 8.48. The van der Waals surface area contributed by atoms with Crippen molar-refractivity contribution in [3.05, 3.63) is 0 Å². The number of carbonyl (C=O) groups excluding carboxylic acids is 1. The zero-order chi connectivity index (χ0) is 9.02. The summed E-state index contributed by atoms with van der Waals surface area (Å²) in [6.07, 6.45) is 0.511. The van der Waals surface area contributed by atoms with E-state index >= 15 is 0 Å². The Bertz CT molecular complexity index is 130. The van der Waals surface area contributed by atoms with Crippen molar-refractivity contribution in [2.45, 2.75) is 39.5 Å². The minimum atomic E-state index is 0.00454. The van der Waals surface area contributed by atoms with Gasteiger partial charge in [0.1, 0.15) is 5.78 Å². The van der Waals surface area contributed by atoms with Crippen LogP contribution in [0, 0.1) is 11.8 Å². The van der Waals surface area contributed by atoms with Gasteiger partial charge < -0.3 is 0 Å². The molecular weight excluding hydrogens is 160 g/mol. The fourth-order valence-electron chi connectivity index (χ4n) is 0.664. The molecule has 0 bridgehead atoms. The van der Waals surface area contributed by atoms with E-state index in [-0.39, 0.29) is 17.1 Å². The number of carbonyl (C=O) groups is 1. The molecule has 0 aromatic carbocycles. The van der Waals surface area contributed by atoms with E-state index in [1.807, 2.05) is 27.7 Å². The van der Waals surface area contributed by atoms with Crippen molar-refractivity contribution in [3.8, 4) is 0 Å². The maximum Gasteiger partial charge on any atom is 0.136 e. The summed E-state index contributed by atoms with van der Waals surface area (Å²) in [7, 11) is 0. The van der Waals surface area contributed by atoms with E-state index in [2.05, 4.69) is 0 Å². The third-order valence-electron chi connectivity index (χ3n) is 1.76. The van der Waals surface area contributed by atoms with Crippen LogP contribution in [-0.4, -0.2) is 11.2 Å². The topological polar surface area (TPSA) is 17.1 Å². The smallest absolute Gasteiger partial charge is 0.136 e. The van der Waals surface area contributed by atoms with Crippen LogP contribution in [0.25, 0.3) is 0 Å². The second-order valence-corrected chi connectivity index (χ2v) is 4.15. The Hall–Kier alpha value is -0.0400. The fourth-order valence-corrected chi connectivity index (χ4v) is 0.816. The fraction of sp³-hybridized carbons (Fsp3) is 0.889. The monoisotopic (exact) mass is 176 g/mol. The Morgan fingerprint density at radius 2 is 1.73 bits per heavy atom. The van der Waals surface area contributed by atoms with Gasteiger partial charge in [-0.05, 0) is 5.92 Å². The number of hydrogen-bond donors (Lipinski definition) is 0. The van der Waals surface area contributed by atoms with Crippen LogP contribution in [0.1, 0.15) is 34.1 Å². The molecule has 1 atom stereocenters. The second kappa shape index (κ2) is 4.76. The van der Waals surface area contributed by atoms with Gasteiger partial charge in [-0.2, -0.15) is 0 Å². The summed E-state index contributed by atoms with van der Waals surface area (Å²) < 4.78 is 0. The van der Waals surface area contributed by atoms with E-state index in [1.54, 1.807) is 0 Å². The predicted octanol–water partition coefficient (Wildman–Crippen LogP) is 2.87. The molecule has 66 valence electrons. The van der Waals surface area contributed by atoms with Crippen LogP contribution in [-0.2, 0) is 4.79 Å². The van der Waals surface area contributed by atoms with Crippen LogP contribution in [0.3, 0.4) is 0 Å². The van der Waals surface area contributed by atoms with Gasteiger partial charge in [0.15, 0.2) is 0 Å². The minimum Gasteiger partial charge on any atom is -0.299 e. The normalized spacial score (nSPS) is 14.1. The minimum absolute atomic E-state index is 0.00454. The van der Waals surface area contributed by atoms with E-state index < -0.39 is 0 Å². The number of alkyl halides is 1. The molecule has 0 aliphatic heterocycles. The highest BCUT2D eigenvalue weighted by Crippen LogP contribution is 2.15. The van der Waals surface area contributed by atoms with Gasteiger partial charge in [0.25, 0.3) is 0 Å². The molecule has 0 aliphatic rings. The Morgan fingerprint density at radius 1 is 1.27 bits per heavy atom. The Labute approximate surface area is 74.1 Å². The molecule has 11 heavy (non-hydrogen) atoms. The molecule has 0 aromatic heterocycles. The first kappa shape index (κ1) is 11.0. The number of ketones is 1. The summed E-state index contributed by atoms with van der Waals surface area (Å²) in [5.74, 6) is 0.771. The molecule has 0 amide bonds. The molecule has 0 unspecified atom stereocenters. The Morgan fingerprint density at radius 3 is 2.00 bits per heavy atom. The molecule has 0 heterocycles. The number of Topliss-reactive ketones (excluding diaryl/α,β-unsaturated/α-hetero) is 1. The maximum atomic E-state index is 11.2. The van der Waals surface area contributed by atoms with Gasteiger partial charge in [0, 0.05) is 17.7 Å². The predicted molar refractivity (Wildman–Crippen MR) is 48.9 cm³/mol. The van der Waals surface area contributed by atoms with Crippen molar-refractivity contribution < 1.29 is 4.79 Å². The number of rotatable bonds is 4. The van der Waals surface area contributed by atoms with Gasteiger partial charge in [0.2, 0.25) is 0 Å². The molecule has 0 N–H and O–H groups in total. The molecule has 0 saturated heterocycles. The van der Waals surface area contributed by atoms with Crippen LogP contribution in [0.5, 0.6) is 0 Å². The first-order chi connectivity index (χ1) is 4.95. The van der Waals surface area contributed by atoms with Crippen LogP contribution < -0.4 is 0 Å². The quantitative estimate of drug-likeness (QED) is 0.602. The summed E-state index contributed by atoms with van der Waals surface area (Å²) >= 11 is 5.93. The largest absolute Gasteiger partial charge is 0.299 e. The molecule has 0 spiro atoms. The molecule has 0 aromatic rings. The van der Waals surface area contributed by atoms with Crippen molar-refractivity contribution in [2.24, 2.45) is 11.8 Å². The van der Waals surface area contributed by atoms with Crippen LogP contribution in [0.4, 0.5) is 0 Å². The van der Waals surface area contributed by atoms with Crippen LogP contribution in [0.15, 0.2) is 0 Å². The zero-order valence-electron chi connectivity index (χ0n) is 7.73. The molecule has 0 saturated carbocycles. The van der Waals surface area contributed by atoms with Crippen molar-refractivity contribution in [1.82, 2.24) is 0 Å². The van der Waals surface area contributed by atoms with E-state index in [1.165, 1.54) is 0 Å². The lowest BCUT2D eigenvalue weighted by atomic mass is 9.99. The van der Waals surface area contributed by atoms with Gasteiger partial charge in [0.05, 0.1) is 0 Å². The molecule has 1 nitrogen and oxygen atoms in total. The number of hydrogen-bond acceptors (Lipinski definition) is 1. The average molecular weight is 177 g/mol. The number of halogens is 1. The molecule has 0 rings (SSSR count). The molecular formula is C9H17ClO. The standard InChI is InChI=1S/C9H17ClO/c1-6(2)8(10)5-9(11)7(3)4/h6-8H,5H2,1-4H3/t8-/m0/s1. The third-order valence-corrected chi connectivity index (χ3v) is 2.42. The first-order valence-corrected chi connectivity index (χ1v) is 4.55. The second-order valence-electron chi connectivity index (χ2n) is 3.59. The van der Waals surface area contributed by atoms with Gasteiger partial charge in [-0.25, -0.2) is 0 Å². The first-order valence-electron chi connectivity index (χ1n) is 4.12. The van der Waals surface area contributed by atoms with E-state index in [9.17, 15) is 4.79 Å². The molecule has 0 radical (unpaired) electrons. The lowest BCUT2D eigenvalue weighted by Gasteiger charge is -2.13. The summed E-state index contributed by atoms with van der Waals surface area (Å²) in [5, 5.41) is 0.00454. The summed E-state index contributed by atoms with van der Waals surface area (Å²) in [6.45, 7) is 7.88. The Balaban J connectivity index is 3.76. The third kappa shape index (κ3) is 4.41. The van der Waals surface area contributed by atoms with E-state index in [0.29, 0.717) is 12.3 Å². The Kier molecular flexibility index (Phi) is 4.74. The molecule has 0 fully saturated rings. The summed E-state index contributed by atoms with van der Waals surface area (Å²) in [6, 6.07) is 0. The molecule has 0 aliphatic carbocycles. The highest BCUT2D eigenvalue weighted by Gasteiger charge is 2.16. The maximum absolute atomic E-state index is 11.2. The van der Waals surface area contributed by atoms with Gasteiger partial charge in [-0.3, -0.25) is 4.79 Å². The van der Waals surface area contributed by atoms with Gasteiger partial charge >= 0.3 is 0 Å². The van der Waals surface area contributed by atoms with Crippen LogP contribution >= 0.6 is 11.6 Å². The molecule has 2 heteroatoms. The van der Waals surface area contributed by atoms with Gasteiger partial charge in [-0.15, -0.1) is 11.6 Å². The SMILES string of the molecule is CC(C)C(=O)C[C@H](Cl)C(C)C. The van der Waals surface area contributed by atoms with Crippen molar-refractivity contribution >= 4 is 17.4 Å². The van der Waals surface area contributed by atoms with Crippen molar-refractivity contribution in [2.75, 3.05) is 0 Å². The van der Waals surface area contributed by atoms with Crippen LogP contribution in [0.2, 0.25) is 0 Å². The van der Waals surface area contributed by atoms with Crippen molar-refractivity contribution in [1.29, 1.82) is 0 Å².